The van der Waals surface area contributed by atoms with Gasteiger partial charge in [-0.1, -0.05) is 29.9 Å². The van der Waals surface area contributed by atoms with Gasteiger partial charge in [-0.25, -0.2) is 17.8 Å². The number of anilines is 1. The SMILES string of the molecule is NC(=S)c1ccc(S(=O)(=O)Nc2ccc(F)cn2)c(Cl)c1. The van der Waals surface area contributed by atoms with Crippen LogP contribution in [0, 0.1) is 5.82 Å². The molecule has 0 bridgehead atoms. The van der Waals surface area contributed by atoms with E-state index in [-0.39, 0.29) is 20.7 Å². The van der Waals surface area contributed by atoms with E-state index in [1.54, 1.807) is 0 Å². The molecule has 0 fully saturated rings. The Kier molecular flexibility index (Phi) is 4.40. The van der Waals surface area contributed by atoms with Crippen molar-refractivity contribution in [3.8, 4) is 0 Å². The number of halogens is 2. The molecule has 2 rings (SSSR count). The van der Waals surface area contributed by atoms with E-state index in [1.807, 2.05) is 0 Å². The van der Waals surface area contributed by atoms with Crippen LogP contribution in [0.2, 0.25) is 5.02 Å². The molecule has 0 aliphatic heterocycles. The average molecular weight is 346 g/mol. The summed E-state index contributed by atoms with van der Waals surface area (Å²) in [6.07, 6.45) is 0.898. The zero-order chi connectivity index (χ0) is 15.6. The van der Waals surface area contributed by atoms with Crippen molar-refractivity contribution in [3.63, 3.8) is 0 Å². The van der Waals surface area contributed by atoms with E-state index in [9.17, 15) is 12.8 Å². The van der Waals surface area contributed by atoms with Gasteiger partial charge < -0.3 is 5.73 Å². The van der Waals surface area contributed by atoms with Crippen LogP contribution in [-0.4, -0.2) is 18.4 Å². The molecule has 9 heteroatoms. The fraction of sp³-hybridized carbons (Fsp3) is 0. The molecular weight excluding hydrogens is 337 g/mol. The number of nitrogens with two attached hydrogens (primary N) is 1. The molecule has 1 aromatic heterocycles. The van der Waals surface area contributed by atoms with Crippen LogP contribution in [0.5, 0.6) is 0 Å². The van der Waals surface area contributed by atoms with Gasteiger partial charge in [0.2, 0.25) is 0 Å². The van der Waals surface area contributed by atoms with Crippen LogP contribution in [0.25, 0.3) is 0 Å². The summed E-state index contributed by atoms with van der Waals surface area (Å²) >= 11 is 10.7. The first-order valence-electron chi connectivity index (χ1n) is 5.53. The number of hydrogen-bond acceptors (Lipinski definition) is 4. The molecule has 0 atom stereocenters. The lowest BCUT2D eigenvalue weighted by Gasteiger charge is -2.09. The van der Waals surface area contributed by atoms with Crippen LogP contribution >= 0.6 is 23.8 Å². The molecule has 0 saturated carbocycles. The number of hydrogen-bond donors (Lipinski definition) is 2. The van der Waals surface area contributed by atoms with Gasteiger partial charge in [-0.3, -0.25) is 4.72 Å². The number of thiocarbonyl (C=S) groups is 1. The van der Waals surface area contributed by atoms with Crippen molar-refractivity contribution in [2.45, 2.75) is 4.90 Å². The van der Waals surface area contributed by atoms with Gasteiger partial charge in [0.1, 0.15) is 21.5 Å². The summed E-state index contributed by atoms with van der Waals surface area (Å²) in [5, 5.41) is -0.0325. The maximum atomic E-state index is 12.7. The Morgan fingerprint density at radius 2 is 2.05 bits per heavy atom. The van der Waals surface area contributed by atoms with Crippen LogP contribution < -0.4 is 10.5 Å². The smallest absolute Gasteiger partial charge is 0.264 e. The van der Waals surface area contributed by atoms with Crippen molar-refractivity contribution >= 4 is 44.6 Å². The summed E-state index contributed by atoms with van der Waals surface area (Å²) < 4.78 is 39.3. The molecule has 110 valence electrons. The number of rotatable bonds is 4. The van der Waals surface area contributed by atoms with Crippen molar-refractivity contribution in [1.29, 1.82) is 0 Å². The molecule has 0 spiro atoms. The van der Waals surface area contributed by atoms with Crippen LogP contribution in [-0.2, 0) is 10.0 Å². The molecule has 0 unspecified atom stereocenters. The number of benzene rings is 1. The molecule has 0 aliphatic carbocycles. The highest BCUT2D eigenvalue weighted by atomic mass is 35.5. The Hall–Kier alpha value is -1.77. The van der Waals surface area contributed by atoms with Crippen molar-refractivity contribution in [1.82, 2.24) is 4.98 Å². The Bertz CT molecular complexity index is 795. The van der Waals surface area contributed by atoms with E-state index < -0.39 is 15.8 Å². The third kappa shape index (κ3) is 3.66. The van der Waals surface area contributed by atoms with Crippen LogP contribution in [0.1, 0.15) is 5.56 Å². The van der Waals surface area contributed by atoms with Gasteiger partial charge in [0, 0.05) is 5.56 Å². The van der Waals surface area contributed by atoms with E-state index in [1.165, 1.54) is 24.3 Å². The van der Waals surface area contributed by atoms with E-state index in [0.29, 0.717) is 5.56 Å². The molecule has 2 aromatic rings. The Labute approximate surface area is 131 Å². The molecule has 5 nitrogen and oxygen atoms in total. The molecule has 0 aliphatic rings. The minimum absolute atomic E-state index is 0.0223. The Morgan fingerprint density at radius 1 is 1.33 bits per heavy atom. The zero-order valence-electron chi connectivity index (χ0n) is 10.4. The van der Waals surface area contributed by atoms with Crippen LogP contribution in [0.4, 0.5) is 10.2 Å². The minimum Gasteiger partial charge on any atom is -0.389 e. The number of pyridine rings is 1. The second-order valence-electron chi connectivity index (χ2n) is 3.98. The normalized spacial score (nSPS) is 11.1. The zero-order valence-corrected chi connectivity index (χ0v) is 12.8. The molecular formula is C12H9ClFN3O2S2. The maximum Gasteiger partial charge on any atom is 0.264 e. The summed E-state index contributed by atoms with van der Waals surface area (Å²) in [4.78, 5) is 3.56. The van der Waals surface area contributed by atoms with Crippen molar-refractivity contribution < 1.29 is 12.8 Å². The molecule has 3 N–H and O–H groups in total. The molecule has 0 amide bonds. The van der Waals surface area contributed by atoms with Crippen LogP contribution in [0.3, 0.4) is 0 Å². The molecule has 1 aromatic carbocycles. The average Bonchev–Trinajstić information content (AvgIpc) is 2.40. The Balaban J connectivity index is 2.35. The fourth-order valence-corrected chi connectivity index (χ4v) is 3.18. The lowest BCUT2D eigenvalue weighted by Crippen LogP contribution is -2.15. The number of aromatic nitrogens is 1. The van der Waals surface area contributed by atoms with Gasteiger partial charge >= 0.3 is 0 Å². The number of nitrogens with one attached hydrogen (secondary N) is 1. The first-order valence-corrected chi connectivity index (χ1v) is 7.80. The molecule has 0 saturated heterocycles. The third-order valence-corrected chi connectivity index (χ3v) is 4.55. The largest absolute Gasteiger partial charge is 0.389 e. The molecule has 1 heterocycles. The van der Waals surface area contributed by atoms with Crippen molar-refractivity contribution in [2.24, 2.45) is 5.73 Å². The highest BCUT2D eigenvalue weighted by Crippen LogP contribution is 2.24. The predicted molar refractivity (Wildman–Crippen MR) is 82.3 cm³/mol. The van der Waals surface area contributed by atoms with Gasteiger partial charge in [-0.05, 0) is 24.3 Å². The second kappa shape index (κ2) is 5.92. The monoisotopic (exact) mass is 345 g/mol. The van der Waals surface area contributed by atoms with Crippen molar-refractivity contribution in [2.75, 3.05) is 4.72 Å². The summed E-state index contributed by atoms with van der Waals surface area (Å²) in [6.45, 7) is 0. The van der Waals surface area contributed by atoms with Gasteiger partial charge in [-0.2, -0.15) is 0 Å². The fourth-order valence-electron chi connectivity index (χ4n) is 1.50. The summed E-state index contributed by atoms with van der Waals surface area (Å²) in [7, 11) is -3.95. The maximum absolute atomic E-state index is 12.7. The molecule has 0 radical (unpaired) electrons. The predicted octanol–water partition coefficient (Wildman–Crippen LogP) is 2.31. The topological polar surface area (TPSA) is 85.1 Å². The van der Waals surface area contributed by atoms with E-state index in [2.05, 4.69) is 9.71 Å². The van der Waals surface area contributed by atoms with Crippen molar-refractivity contribution in [3.05, 3.63) is 52.9 Å². The summed E-state index contributed by atoms with van der Waals surface area (Å²) in [5.41, 5.74) is 5.89. The van der Waals surface area contributed by atoms with E-state index in [0.717, 1.165) is 12.3 Å². The lowest BCUT2D eigenvalue weighted by atomic mass is 10.2. The van der Waals surface area contributed by atoms with Gasteiger partial charge in [0.15, 0.2) is 0 Å². The van der Waals surface area contributed by atoms with E-state index >= 15 is 0 Å². The van der Waals surface area contributed by atoms with Gasteiger partial charge in [-0.15, -0.1) is 0 Å². The van der Waals surface area contributed by atoms with Crippen LogP contribution in [0.15, 0.2) is 41.4 Å². The first kappa shape index (κ1) is 15.6. The summed E-state index contributed by atoms with van der Waals surface area (Å²) in [5.74, 6) is -0.595. The van der Waals surface area contributed by atoms with Gasteiger partial charge in [0.05, 0.1) is 11.2 Å². The Morgan fingerprint density at radius 3 is 2.57 bits per heavy atom. The lowest BCUT2D eigenvalue weighted by molar-refractivity contribution is 0.600. The standard InChI is InChI=1S/C12H9ClFN3O2S2/c13-9-5-7(12(15)20)1-3-10(9)21(18,19)17-11-4-2-8(14)6-16-11/h1-6H,(H2,15,20)(H,16,17). The molecule has 21 heavy (non-hydrogen) atoms. The van der Waals surface area contributed by atoms with Gasteiger partial charge in [0.25, 0.3) is 10.0 Å². The highest BCUT2D eigenvalue weighted by Gasteiger charge is 2.19. The third-order valence-electron chi connectivity index (χ3n) is 2.47. The number of sulfonamides is 1. The van der Waals surface area contributed by atoms with E-state index in [4.69, 9.17) is 29.6 Å². The second-order valence-corrected chi connectivity index (χ2v) is 6.47. The highest BCUT2D eigenvalue weighted by molar-refractivity contribution is 7.92. The minimum atomic E-state index is -3.95. The quantitative estimate of drug-likeness (QED) is 0.830. The number of nitrogens with zero attached hydrogens (tertiary/aromatic N) is 1. The first-order chi connectivity index (χ1) is 9.79. The summed E-state index contributed by atoms with van der Waals surface area (Å²) in [6, 6.07) is 6.37.